The van der Waals surface area contributed by atoms with Crippen LogP contribution < -0.4 is 16.2 Å². The summed E-state index contributed by atoms with van der Waals surface area (Å²) in [5.41, 5.74) is 13.1. The van der Waals surface area contributed by atoms with Crippen molar-refractivity contribution in [1.82, 2.24) is 0 Å². The normalized spacial score (nSPS) is 9.63. The highest BCUT2D eigenvalue weighted by Crippen LogP contribution is 2.22. The van der Waals surface area contributed by atoms with E-state index in [2.05, 4.69) is 0 Å². The van der Waals surface area contributed by atoms with E-state index in [4.69, 9.17) is 30.8 Å². The van der Waals surface area contributed by atoms with Crippen molar-refractivity contribution >= 4 is 35.3 Å². The van der Waals surface area contributed by atoms with E-state index in [1.807, 2.05) is 0 Å². The molecule has 0 heterocycles. The molecule has 6 N–H and O–H groups in total. The maximum atomic E-state index is 11.8. The number of aromatic hydroxyl groups is 1. The standard InChI is InChI=1S/C14H10O5.2C9H11NO2/c15-11-7-3-1-5-9(11)14(18)19-12-8-4-2-6-10(12)13(16)17;2*1-2-12-9(11)7-3-5-8(10)6-4-7/h1-8,15H,(H,16,17);2*3-6H,2,10H2,1H3. The van der Waals surface area contributed by atoms with Crippen LogP contribution >= 0.6 is 0 Å². The van der Waals surface area contributed by atoms with Gasteiger partial charge < -0.3 is 35.9 Å². The molecule has 0 aliphatic heterocycles. The van der Waals surface area contributed by atoms with Crippen LogP contribution in [0.1, 0.15) is 55.3 Å². The number of esters is 3. The van der Waals surface area contributed by atoms with Gasteiger partial charge in [0, 0.05) is 11.4 Å². The van der Waals surface area contributed by atoms with Gasteiger partial charge in [-0.15, -0.1) is 0 Å². The zero-order chi connectivity index (χ0) is 31.8. The van der Waals surface area contributed by atoms with E-state index in [0.717, 1.165) is 0 Å². The molecule has 224 valence electrons. The number of carboxylic acid groups (broad SMARTS) is 1. The number of hydrogen-bond acceptors (Lipinski definition) is 10. The predicted octanol–water partition coefficient (Wildman–Crippen LogP) is 5.20. The fraction of sp³-hybridized carbons (Fsp3) is 0.125. The van der Waals surface area contributed by atoms with Crippen LogP contribution in [0.3, 0.4) is 0 Å². The van der Waals surface area contributed by atoms with Crippen LogP contribution in [0.2, 0.25) is 0 Å². The number of carbonyl (C=O) groups is 4. The van der Waals surface area contributed by atoms with Gasteiger partial charge in [0.25, 0.3) is 0 Å². The van der Waals surface area contributed by atoms with E-state index in [9.17, 15) is 24.3 Å². The van der Waals surface area contributed by atoms with E-state index < -0.39 is 11.9 Å². The second kappa shape index (κ2) is 17.1. The number of carbonyl (C=O) groups excluding carboxylic acids is 3. The number of rotatable bonds is 7. The number of ether oxygens (including phenoxy) is 3. The van der Waals surface area contributed by atoms with Gasteiger partial charge in [0.1, 0.15) is 22.6 Å². The first-order chi connectivity index (χ1) is 20.6. The maximum absolute atomic E-state index is 11.8. The summed E-state index contributed by atoms with van der Waals surface area (Å²) in [6.07, 6.45) is 0. The molecule has 0 spiro atoms. The molecule has 0 bridgehead atoms. The molecule has 0 aliphatic carbocycles. The van der Waals surface area contributed by atoms with Crippen molar-refractivity contribution in [2.24, 2.45) is 0 Å². The third-order valence-electron chi connectivity index (χ3n) is 5.29. The minimum atomic E-state index is -1.19. The summed E-state index contributed by atoms with van der Waals surface area (Å²) in [4.78, 5) is 45.0. The van der Waals surface area contributed by atoms with Crippen molar-refractivity contribution in [2.45, 2.75) is 13.8 Å². The van der Waals surface area contributed by atoms with E-state index >= 15 is 0 Å². The summed E-state index contributed by atoms with van der Waals surface area (Å²) >= 11 is 0. The van der Waals surface area contributed by atoms with Gasteiger partial charge in [-0.3, -0.25) is 0 Å². The van der Waals surface area contributed by atoms with Gasteiger partial charge in [0.15, 0.2) is 0 Å². The van der Waals surface area contributed by atoms with E-state index in [1.165, 1.54) is 30.3 Å². The number of hydrogen-bond donors (Lipinski definition) is 4. The quantitative estimate of drug-likeness (QED) is 0.126. The summed E-state index contributed by atoms with van der Waals surface area (Å²) in [7, 11) is 0. The molecule has 0 amide bonds. The molecule has 4 aromatic carbocycles. The molecule has 0 unspecified atom stereocenters. The third-order valence-corrected chi connectivity index (χ3v) is 5.29. The Kier molecular flexibility index (Phi) is 13.3. The fourth-order valence-electron chi connectivity index (χ4n) is 3.20. The second-order valence-electron chi connectivity index (χ2n) is 8.39. The zero-order valence-corrected chi connectivity index (χ0v) is 23.6. The van der Waals surface area contributed by atoms with Crippen LogP contribution in [-0.2, 0) is 9.47 Å². The van der Waals surface area contributed by atoms with Crippen LogP contribution in [0.5, 0.6) is 11.5 Å². The average Bonchev–Trinajstić information content (AvgIpc) is 2.99. The number of nitrogen functional groups attached to an aromatic ring is 2. The number of phenols is 1. The number of carboxylic acids is 1. The first-order valence-corrected chi connectivity index (χ1v) is 12.9. The lowest BCUT2D eigenvalue weighted by molar-refractivity contribution is 0.0517. The molecule has 11 heteroatoms. The van der Waals surface area contributed by atoms with Gasteiger partial charge in [-0.1, -0.05) is 24.3 Å². The number of benzene rings is 4. The van der Waals surface area contributed by atoms with Gasteiger partial charge in [0.2, 0.25) is 0 Å². The van der Waals surface area contributed by atoms with Gasteiger partial charge in [-0.25, -0.2) is 19.2 Å². The first kappa shape index (κ1) is 33.4. The van der Waals surface area contributed by atoms with Crippen molar-refractivity contribution < 1.29 is 43.6 Å². The number of para-hydroxylation sites is 2. The molecule has 4 rings (SSSR count). The Labute approximate surface area is 248 Å². The topological polar surface area (TPSA) is 188 Å². The smallest absolute Gasteiger partial charge is 0.347 e. The highest BCUT2D eigenvalue weighted by atomic mass is 16.5. The summed E-state index contributed by atoms with van der Waals surface area (Å²) in [5.74, 6) is -2.91. The van der Waals surface area contributed by atoms with Crippen LogP contribution in [0, 0.1) is 0 Å². The average molecular weight is 589 g/mol. The minimum absolute atomic E-state index is 0.0253. The largest absolute Gasteiger partial charge is 0.507 e. The highest BCUT2D eigenvalue weighted by Gasteiger charge is 2.17. The SMILES string of the molecule is CCOC(=O)c1ccc(N)cc1.CCOC(=O)c1ccc(N)cc1.O=C(Oc1ccccc1C(=O)O)c1ccccc1O. The molecule has 0 saturated carbocycles. The lowest BCUT2D eigenvalue weighted by atomic mass is 10.2. The minimum Gasteiger partial charge on any atom is -0.507 e. The Morgan fingerprint density at radius 2 is 1.02 bits per heavy atom. The molecule has 4 aromatic rings. The number of anilines is 2. The summed E-state index contributed by atoms with van der Waals surface area (Å²) in [6.45, 7) is 4.33. The van der Waals surface area contributed by atoms with Crippen molar-refractivity contribution in [3.8, 4) is 11.5 Å². The van der Waals surface area contributed by atoms with Gasteiger partial charge >= 0.3 is 23.9 Å². The molecule has 0 aliphatic rings. The van der Waals surface area contributed by atoms with Gasteiger partial charge in [-0.2, -0.15) is 0 Å². The Balaban J connectivity index is 0.000000236. The van der Waals surface area contributed by atoms with Crippen LogP contribution in [-0.4, -0.2) is 47.3 Å². The third kappa shape index (κ3) is 10.9. The van der Waals surface area contributed by atoms with E-state index in [1.54, 1.807) is 80.6 Å². The highest BCUT2D eigenvalue weighted by molar-refractivity contribution is 5.97. The Morgan fingerprint density at radius 3 is 1.44 bits per heavy atom. The van der Waals surface area contributed by atoms with Crippen molar-refractivity contribution in [3.63, 3.8) is 0 Å². The zero-order valence-electron chi connectivity index (χ0n) is 23.6. The first-order valence-electron chi connectivity index (χ1n) is 12.9. The molecule has 11 nitrogen and oxygen atoms in total. The second-order valence-corrected chi connectivity index (χ2v) is 8.39. The maximum Gasteiger partial charge on any atom is 0.347 e. The van der Waals surface area contributed by atoms with Crippen LogP contribution in [0.4, 0.5) is 11.4 Å². The number of aromatic carboxylic acids is 1. The van der Waals surface area contributed by atoms with Crippen LogP contribution in [0.25, 0.3) is 0 Å². The number of nitrogens with two attached hydrogens (primary N) is 2. The summed E-state index contributed by atoms with van der Waals surface area (Å²) in [6, 6.07) is 24.9. The molecule has 0 saturated heterocycles. The molecule has 0 aromatic heterocycles. The molecule has 43 heavy (non-hydrogen) atoms. The Morgan fingerprint density at radius 1 is 0.605 bits per heavy atom. The summed E-state index contributed by atoms with van der Waals surface area (Å²) in [5, 5.41) is 18.5. The number of phenolic OH excluding ortho intramolecular Hbond substituents is 1. The lowest BCUT2D eigenvalue weighted by Crippen LogP contribution is -2.11. The monoisotopic (exact) mass is 588 g/mol. The molecule has 0 fully saturated rings. The van der Waals surface area contributed by atoms with Gasteiger partial charge in [-0.05, 0) is 86.6 Å². The summed E-state index contributed by atoms with van der Waals surface area (Å²) < 4.78 is 14.6. The lowest BCUT2D eigenvalue weighted by Gasteiger charge is -2.07. The van der Waals surface area contributed by atoms with E-state index in [-0.39, 0.29) is 34.6 Å². The fourth-order valence-corrected chi connectivity index (χ4v) is 3.20. The molecular weight excluding hydrogens is 556 g/mol. The molecule has 0 atom stereocenters. The predicted molar refractivity (Wildman–Crippen MR) is 160 cm³/mol. The van der Waals surface area contributed by atoms with Crippen LogP contribution in [0.15, 0.2) is 97.1 Å². The van der Waals surface area contributed by atoms with Crippen molar-refractivity contribution in [1.29, 1.82) is 0 Å². The van der Waals surface area contributed by atoms with Gasteiger partial charge in [0.05, 0.1) is 24.3 Å². The molecule has 0 radical (unpaired) electrons. The van der Waals surface area contributed by atoms with E-state index in [0.29, 0.717) is 35.7 Å². The Hall–Kier alpha value is -5.84. The Bertz CT molecular complexity index is 1460. The van der Waals surface area contributed by atoms with Crippen molar-refractivity contribution in [3.05, 3.63) is 119 Å². The van der Waals surface area contributed by atoms with Crippen molar-refractivity contribution in [2.75, 3.05) is 24.7 Å². The molecular formula is C32H32N2O9.